The molecule has 0 aliphatic carbocycles. The van der Waals surface area contributed by atoms with E-state index < -0.39 is 5.69 Å². The van der Waals surface area contributed by atoms with E-state index in [4.69, 9.17) is 0 Å². The minimum absolute atomic E-state index is 0.0923. The average molecular weight is 424 g/mol. The summed E-state index contributed by atoms with van der Waals surface area (Å²) in [5, 5.41) is 4.47. The molecule has 1 aliphatic rings. The lowest BCUT2D eigenvalue weighted by Crippen LogP contribution is -2.47. The van der Waals surface area contributed by atoms with Crippen LogP contribution in [0.5, 0.6) is 0 Å². The Labute approximate surface area is 180 Å². The third-order valence-electron chi connectivity index (χ3n) is 6.18. The van der Waals surface area contributed by atoms with Gasteiger partial charge >= 0.3 is 5.69 Å². The smallest absolute Gasteiger partial charge is 0.332 e. The van der Waals surface area contributed by atoms with Gasteiger partial charge in [0.2, 0.25) is 5.91 Å². The number of likely N-dealkylation sites (tertiary alicyclic amines) is 1. The van der Waals surface area contributed by atoms with Gasteiger partial charge in [-0.15, -0.1) is 0 Å². The predicted octanol–water partition coefficient (Wildman–Crippen LogP) is 2.14. The zero-order valence-electron chi connectivity index (χ0n) is 18.4. The average Bonchev–Trinajstić information content (AvgIpc) is 3.11. The van der Waals surface area contributed by atoms with Crippen LogP contribution >= 0.6 is 0 Å². The van der Waals surface area contributed by atoms with Crippen LogP contribution < -0.4 is 11.2 Å². The van der Waals surface area contributed by atoms with Crippen molar-refractivity contribution in [2.45, 2.75) is 65.7 Å². The van der Waals surface area contributed by atoms with Gasteiger partial charge in [-0.2, -0.15) is 5.10 Å². The molecule has 2 aromatic heterocycles. The molecule has 3 heterocycles. The van der Waals surface area contributed by atoms with E-state index in [9.17, 15) is 14.4 Å². The molecule has 1 aromatic carbocycles. The highest BCUT2D eigenvalue weighted by Crippen LogP contribution is 2.18. The van der Waals surface area contributed by atoms with Gasteiger partial charge in [-0.3, -0.25) is 23.4 Å². The van der Waals surface area contributed by atoms with Crippen molar-refractivity contribution in [3.05, 3.63) is 62.4 Å². The lowest BCUT2D eigenvalue weighted by molar-refractivity contribution is -0.135. The van der Waals surface area contributed by atoms with Gasteiger partial charge in [-0.25, -0.2) is 4.79 Å². The zero-order valence-corrected chi connectivity index (χ0v) is 18.4. The van der Waals surface area contributed by atoms with Gasteiger partial charge in [-0.05, 0) is 45.6 Å². The number of hydrogen-bond donors (Lipinski definition) is 0. The Morgan fingerprint density at radius 2 is 1.84 bits per heavy atom. The highest BCUT2D eigenvalue weighted by molar-refractivity contribution is 5.81. The van der Waals surface area contributed by atoms with Gasteiger partial charge in [-0.1, -0.05) is 30.3 Å². The van der Waals surface area contributed by atoms with Crippen LogP contribution in [-0.2, 0) is 24.4 Å². The van der Waals surface area contributed by atoms with Gasteiger partial charge in [0.05, 0.1) is 12.2 Å². The van der Waals surface area contributed by atoms with E-state index in [2.05, 4.69) is 5.10 Å². The Hall–Kier alpha value is -3.16. The van der Waals surface area contributed by atoms with Crippen LogP contribution in [0.2, 0.25) is 0 Å². The SMILES string of the molecule is CCn1nc(C)c2c1c(=O)n(Cc1ccccc1)c(=O)n2CC(=O)N1CCCC[C@@H]1C. The molecule has 164 valence electrons. The molecular weight excluding hydrogens is 394 g/mol. The summed E-state index contributed by atoms with van der Waals surface area (Å²) in [6.07, 6.45) is 3.05. The van der Waals surface area contributed by atoms with Crippen molar-refractivity contribution >= 4 is 16.9 Å². The van der Waals surface area contributed by atoms with E-state index in [0.717, 1.165) is 24.8 Å². The maximum absolute atomic E-state index is 13.5. The Morgan fingerprint density at radius 3 is 2.52 bits per heavy atom. The summed E-state index contributed by atoms with van der Waals surface area (Å²) in [6, 6.07) is 9.55. The van der Waals surface area contributed by atoms with Crippen molar-refractivity contribution in [2.75, 3.05) is 6.54 Å². The van der Waals surface area contributed by atoms with Crippen LogP contribution in [0.15, 0.2) is 39.9 Å². The number of carbonyl (C=O) groups is 1. The fourth-order valence-electron chi connectivity index (χ4n) is 4.54. The van der Waals surface area contributed by atoms with E-state index in [1.54, 1.807) is 11.6 Å². The molecule has 0 unspecified atom stereocenters. The zero-order chi connectivity index (χ0) is 22.1. The minimum atomic E-state index is -0.474. The van der Waals surface area contributed by atoms with Crippen molar-refractivity contribution in [3.63, 3.8) is 0 Å². The van der Waals surface area contributed by atoms with Crippen molar-refractivity contribution in [1.29, 1.82) is 0 Å². The van der Waals surface area contributed by atoms with Gasteiger partial charge in [0.15, 0.2) is 5.52 Å². The van der Waals surface area contributed by atoms with Crippen molar-refractivity contribution in [1.82, 2.24) is 23.8 Å². The number of piperidine rings is 1. The Balaban J connectivity index is 1.87. The number of fused-ring (bicyclic) bond motifs is 1. The third-order valence-corrected chi connectivity index (χ3v) is 6.18. The number of amides is 1. The summed E-state index contributed by atoms with van der Waals surface area (Å²) in [7, 11) is 0. The number of nitrogens with zero attached hydrogens (tertiary/aromatic N) is 5. The summed E-state index contributed by atoms with van der Waals surface area (Å²) >= 11 is 0. The summed E-state index contributed by atoms with van der Waals surface area (Å²) in [5.41, 5.74) is 1.41. The fourth-order valence-corrected chi connectivity index (χ4v) is 4.54. The summed E-state index contributed by atoms with van der Waals surface area (Å²) in [6.45, 7) is 6.99. The Morgan fingerprint density at radius 1 is 1.10 bits per heavy atom. The van der Waals surface area contributed by atoms with Crippen LogP contribution in [0.4, 0.5) is 0 Å². The predicted molar refractivity (Wildman–Crippen MR) is 119 cm³/mol. The van der Waals surface area contributed by atoms with Gasteiger partial charge in [0, 0.05) is 19.1 Å². The van der Waals surface area contributed by atoms with E-state index >= 15 is 0 Å². The van der Waals surface area contributed by atoms with Crippen molar-refractivity contribution < 1.29 is 4.79 Å². The molecule has 0 saturated carbocycles. The number of benzene rings is 1. The summed E-state index contributed by atoms with van der Waals surface area (Å²) in [4.78, 5) is 41.8. The summed E-state index contributed by atoms with van der Waals surface area (Å²) < 4.78 is 4.29. The first-order valence-corrected chi connectivity index (χ1v) is 11.0. The van der Waals surface area contributed by atoms with Gasteiger partial charge in [0.25, 0.3) is 5.56 Å². The van der Waals surface area contributed by atoms with Gasteiger partial charge in [0.1, 0.15) is 12.1 Å². The van der Waals surface area contributed by atoms with Crippen LogP contribution in [0.3, 0.4) is 0 Å². The first-order chi connectivity index (χ1) is 14.9. The third kappa shape index (κ3) is 3.82. The second-order valence-electron chi connectivity index (χ2n) is 8.28. The second-order valence-corrected chi connectivity index (χ2v) is 8.28. The number of aromatic nitrogens is 4. The fraction of sp³-hybridized carbons (Fsp3) is 0.478. The first-order valence-electron chi connectivity index (χ1n) is 11.0. The molecule has 1 amide bonds. The lowest BCUT2D eigenvalue weighted by Gasteiger charge is -2.33. The molecule has 1 aliphatic heterocycles. The van der Waals surface area contributed by atoms with E-state index in [-0.39, 0.29) is 30.6 Å². The van der Waals surface area contributed by atoms with Crippen LogP contribution in [-0.4, -0.2) is 42.3 Å². The molecule has 0 spiro atoms. The molecule has 1 saturated heterocycles. The molecule has 31 heavy (non-hydrogen) atoms. The molecule has 4 rings (SSSR count). The molecule has 8 heteroatoms. The molecule has 3 aromatic rings. The quantitative estimate of drug-likeness (QED) is 0.630. The Bertz CT molecular complexity index is 1220. The highest BCUT2D eigenvalue weighted by Gasteiger charge is 2.26. The molecule has 1 fully saturated rings. The van der Waals surface area contributed by atoms with Crippen molar-refractivity contribution in [3.8, 4) is 0 Å². The molecular formula is C23H29N5O3. The highest BCUT2D eigenvalue weighted by atomic mass is 16.2. The standard InChI is InChI=1S/C23H29N5O3/c1-4-28-21-20(17(3)24-28)26(15-19(29)25-13-9-8-10-16(25)2)23(31)27(22(21)30)14-18-11-6-5-7-12-18/h5-7,11-12,16H,4,8-10,13-15H2,1-3H3/t16-/m0/s1. The maximum atomic E-state index is 13.5. The van der Waals surface area contributed by atoms with E-state index in [1.807, 2.05) is 49.1 Å². The molecule has 1 atom stereocenters. The lowest BCUT2D eigenvalue weighted by atomic mass is 10.0. The normalized spacial score (nSPS) is 16.7. The van der Waals surface area contributed by atoms with E-state index in [0.29, 0.717) is 29.8 Å². The monoisotopic (exact) mass is 423 g/mol. The van der Waals surface area contributed by atoms with Gasteiger partial charge < -0.3 is 4.90 Å². The number of carbonyl (C=O) groups excluding carboxylic acids is 1. The Kier molecular flexibility index (Phi) is 5.80. The van der Waals surface area contributed by atoms with E-state index in [1.165, 1.54) is 9.13 Å². The number of rotatable bonds is 5. The maximum Gasteiger partial charge on any atom is 0.332 e. The largest absolute Gasteiger partial charge is 0.338 e. The molecule has 0 radical (unpaired) electrons. The van der Waals surface area contributed by atoms with Crippen LogP contribution in [0, 0.1) is 6.92 Å². The number of hydrogen-bond acceptors (Lipinski definition) is 4. The van der Waals surface area contributed by atoms with Crippen molar-refractivity contribution in [2.24, 2.45) is 0 Å². The topological polar surface area (TPSA) is 82.1 Å². The van der Waals surface area contributed by atoms with Crippen LogP contribution in [0.1, 0.15) is 44.4 Å². The molecule has 0 N–H and O–H groups in total. The number of aryl methyl sites for hydroxylation is 2. The first kappa shape index (κ1) is 21.1. The second kappa shape index (κ2) is 8.53. The van der Waals surface area contributed by atoms with Crippen LogP contribution in [0.25, 0.3) is 11.0 Å². The summed E-state index contributed by atoms with van der Waals surface area (Å²) in [5.74, 6) is -0.0934. The molecule has 0 bridgehead atoms. The minimum Gasteiger partial charge on any atom is -0.338 e. The molecule has 8 nitrogen and oxygen atoms in total.